The van der Waals surface area contributed by atoms with Crippen molar-refractivity contribution in [3.8, 4) is 5.75 Å². The summed E-state index contributed by atoms with van der Waals surface area (Å²) in [5.41, 5.74) is 1.78. The van der Waals surface area contributed by atoms with Crippen molar-refractivity contribution in [1.82, 2.24) is 5.32 Å². The van der Waals surface area contributed by atoms with Gasteiger partial charge < -0.3 is 20.8 Å². The molecule has 1 aromatic rings. The molecule has 1 saturated carbocycles. The van der Waals surface area contributed by atoms with Crippen LogP contribution in [0.1, 0.15) is 39.2 Å². The van der Waals surface area contributed by atoms with Gasteiger partial charge in [-0.15, -0.1) is 0 Å². The quantitative estimate of drug-likeness (QED) is 0.390. The van der Waals surface area contributed by atoms with Crippen LogP contribution in [-0.4, -0.2) is 35.4 Å². The number of rotatable bonds is 4. The standard InChI is InChI=1S/C16H25N3O2/c1-16(2,3)11-4-7-14(21)13(10-11)19-15(17-8-9-20)18-12-5-6-12/h4,7,10,12,20-21H,5-6,8-9H2,1-3H3,(H2,17,18,19). The van der Waals surface area contributed by atoms with Crippen LogP contribution in [0.4, 0.5) is 5.69 Å². The van der Waals surface area contributed by atoms with Crippen LogP contribution in [0.3, 0.4) is 0 Å². The van der Waals surface area contributed by atoms with Crippen LogP contribution in [0.15, 0.2) is 23.2 Å². The molecule has 116 valence electrons. The summed E-state index contributed by atoms with van der Waals surface area (Å²) in [6.07, 6.45) is 2.27. The molecule has 0 saturated heterocycles. The van der Waals surface area contributed by atoms with Gasteiger partial charge in [0, 0.05) is 6.04 Å². The largest absolute Gasteiger partial charge is 0.506 e. The maximum Gasteiger partial charge on any atom is 0.196 e. The smallest absolute Gasteiger partial charge is 0.196 e. The molecule has 0 aliphatic heterocycles. The van der Waals surface area contributed by atoms with Crippen molar-refractivity contribution in [2.75, 3.05) is 18.5 Å². The number of benzene rings is 1. The fraction of sp³-hybridized carbons (Fsp3) is 0.562. The number of aliphatic hydroxyl groups is 1. The topological polar surface area (TPSA) is 76.9 Å². The van der Waals surface area contributed by atoms with E-state index < -0.39 is 0 Å². The van der Waals surface area contributed by atoms with Gasteiger partial charge in [0.2, 0.25) is 0 Å². The normalized spacial score (nSPS) is 15.9. The number of hydrogen-bond donors (Lipinski definition) is 4. The Balaban J connectivity index is 2.18. The zero-order chi connectivity index (χ0) is 15.5. The molecule has 1 aliphatic carbocycles. The number of aliphatic hydroxyl groups excluding tert-OH is 1. The van der Waals surface area contributed by atoms with Gasteiger partial charge >= 0.3 is 0 Å². The molecule has 0 radical (unpaired) electrons. The van der Waals surface area contributed by atoms with Gasteiger partial charge in [0.15, 0.2) is 5.96 Å². The van der Waals surface area contributed by atoms with E-state index in [0.29, 0.717) is 24.2 Å². The van der Waals surface area contributed by atoms with E-state index in [1.807, 2.05) is 12.1 Å². The summed E-state index contributed by atoms with van der Waals surface area (Å²) in [5, 5.41) is 25.4. The zero-order valence-electron chi connectivity index (χ0n) is 13.0. The first kappa shape index (κ1) is 15.6. The van der Waals surface area contributed by atoms with Crippen molar-refractivity contribution in [2.24, 2.45) is 4.99 Å². The highest BCUT2D eigenvalue weighted by atomic mass is 16.3. The lowest BCUT2D eigenvalue weighted by Gasteiger charge is -2.21. The summed E-state index contributed by atoms with van der Waals surface area (Å²) in [6.45, 7) is 6.73. The van der Waals surface area contributed by atoms with Crippen molar-refractivity contribution in [3.63, 3.8) is 0 Å². The molecular formula is C16H25N3O2. The zero-order valence-corrected chi connectivity index (χ0v) is 13.0. The number of guanidine groups is 1. The summed E-state index contributed by atoms with van der Waals surface area (Å²) in [4.78, 5) is 4.28. The first-order valence-corrected chi connectivity index (χ1v) is 7.42. The Morgan fingerprint density at radius 1 is 1.33 bits per heavy atom. The number of nitrogens with zero attached hydrogens (tertiary/aromatic N) is 1. The van der Waals surface area contributed by atoms with Crippen LogP contribution in [0, 0.1) is 0 Å². The average Bonchev–Trinajstić information content (AvgIpc) is 3.21. The average molecular weight is 291 g/mol. The second kappa shape index (κ2) is 6.35. The van der Waals surface area contributed by atoms with Gasteiger partial charge in [-0.05, 0) is 36.0 Å². The van der Waals surface area contributed by atoms with E-state index >= 15 is 0 Å². The lowest BCUT2D eigenvalue weighted by molar-refractivity contribution is 0.306. The second-order valence-corrected chi connectivity index (χ2v) is 6.48. The summed E-state index contributed by atoms with van der Waals surface area (Å²) in [5.74, 6) is 0.796. The SMILES string of the molecule is CC(C)(C)c1ccc(O)c(NC(=NCCO)NC2CC2)c1. The van der Waals surface area contributed by atoms with Crippen LogP contribution in [-0.2, 0) is 5.41 Å². The summed E-state index contributed by atoms with van der Waals surface area (Å²) in [6, 6.07) is 6.02. The van der Waals surface area contributed by atoms with E-state index in [2.05, 4.69) is 36.4 Å². The number of aliphatic imine (C=N–C) groups is 1. The van der Waals surface area contributed by atoms with Crippen LogP contribution < -0.4 is 10.6 Å². The Kier molecular flexibility index (Phi) is 4.73. The van der Waals surface area contributed by atoms with Gasteiger partial charge in [-0.2, -0.15) is 0 Å². The first-order valence-electron chi connectivity index (χ1n) is 7.42. The third-order valence-electron chi connectivity index (χ3n) is 3.40. The fourth-order valence-electron chi connectivity index (χ4n) is 1.93. The van der Waals surface area contributed by atoms with Crippen molar-refractivity contribution < 1.29 is 10.2 Å². The number of phenolic OH excluding ortho intramolecular Hbond substituents is 1. The molecule has 0 amide bonds. The van der Waals surface area contributed by atoms with E-state index in [4.69, 9.17) is 5.11 Å². The van der Waals surface area contributed by atoms with E-state index in [1.165, 1.54) is 0 Å². The van der Waals surface area contributed by atoms with Crippen molar-refractivity contribution in [3.05, 3.63) is 23.8 Å². The molecule has 21 heavy (non-hydrogen) atoms. The lowest BCUT2D eigenvalue weighted by atomic mass is 9.87. The molecule has 0 atom stereocenters. The monoisotopic (exact) mass is 291 g/mol. The molecule has 0 aromatic heterocycles. The predicted molar refractivity (Wildman–Crippen MR) is 86.0 cm³/mol. The molecule has 4 N–H and O–H groups in total. The summed E-state index contributed by atoms with van der Waals surface area (Å²) in [7, 11) is 0. The molecule has 5 heteroatoms. The van der Waals surface area contributed by atoms with Crippen molar-refractivity contribution in [1.29, 1.82) is 0 Å². The maximum absolute atomic E-state index is 10.0. The number of phenols is 1. The van der Waals surface area contributed by atoms with Crippen LogP contribution in [0.25, 0.3) is 0 Å². The molecule has 0 heterocycles. The van der Waals surface area contributed by atoms with Crippen LogP contribution in [0.2, 0.25) is 0 Å². The highest BCUT2D eigenvalue weighted by Gasteiger charge is 2.23. The Morgan fingerprint density at radius 3 is 2.62 bits per heavy atom. The molecular weight excluding hydrogens is 266 g/mol. The van der Waals surface area contributed by atoms with Gasteiger partial charge in [0.05, 0.1) is 18.8 Å². The molecule has 0 unspecified atom stereocenters. The van der Waals surface area contributed by atoms with E-state index in [9.17, 15) is 5.11 Å². The minimum absolute atomic E-state index is 0.00550. The molecule has 2 rings (SSSR count). The van der Waals surface area contributed by atoms with Gasteiger partial charge in [-0.25, -0.2) is 0 Å². The van der Waals surface area contributed by atoms with Gasteiger partial charge in [0.25, 0.3) is 0 Å². The fourth-order valence-corrected chi connectivity index (χ4v) is 1.93. The Morgan fingerprint density at radius 2 is 2.05 bits per heavy atom. The number of hydrogen-bond acceptors (Lipinski definition) is 3. The molecule has 1 aliphatic rings. The van der Waals surface area contributed by atoms with Crippen molar-refractivity contribution in [2.45, 2.75) is 45.1 Å². The number of anilines is 1. The second-order valence-electron chi connectivity index (χ2n) is 6.48. The Labute approximate surface area is 126 Å². The lowest BCUT2D eigenvalue weighted by Crippen LogP contribution is -2.33. The predicted octanol–water partition coefficient (Wildman–Crippen LogP) is 2.20. The van der Waals surface area contributed by atoms with Gasteiger partial charge in [-0.3, -0.25) is 4.99 Å². The Hall–Kier alpha value is -1.75. The minimum atomic E-state index is 0.00550. The first-order chi connectivity index (χ1) is 9.90. The number of aromatic hydroxyl groups is 1. The van der Waals surface area contributed by atoms with E-state index in [-0.39, 0.29) is 17.8 Å². The number of nitrogens with one attached hydrogen (secondary N) is 2. The summed E-state index contributed by atoms with van der Waals surface area (Å²) < 4.78 is 0. The van der Waals surface area contributed by atoms with Gasteiger partial charge in [-0.1, -0.05) is 26.8 Å². The molecule has 0 bridgehead atoms. The summed E-state index contributed by atoms with van der Waals surface area (Å²) >= 11 is 0. The third-order valence-corrected chi connectivity index (χ3v) is 3.40. The highest BCUT2D eigenvalue weighted by Crippen LogP contribution is 2.30. The van der Waals surface area contributed by atoms with E-state index in [1.54, 1.807) is 6.07 Å². The maximum atomic E-state index is 10.0. The third kappa shape index (κ3) is 4.63. The van der Waals surface area contributed by atoms with E-state index in [0.717, 1.165) is 18.4 Å². The van der Waals surface area contributed by atoms with Crippen LogP contribution in [0.5, 0.6) is 5.75 Å². The van der Waals surface area contributed by atoms with Crippen molar-refractivity contribution >= 4 is 11.6 Å². The molecule has 1 aromatic carbocycles. The minimum Gasteiger partial charge on any atom is -0.506 e. The van der Waals surface area contributed by atoms with Gasteiger partial charge in [0.1, 0.15) is 5.75 Å². The molecule has 1 fully saturated rings. The molecule has 5 nitrogen and oxygen atoms in total. The molecule has 0 spiro atoms. The van der Waals surface area contributed by atoms with Crippen LogP contribution >= 0.6 is 0 Å². The Bertz CT molecular complexity index is 517. The highest BCUT2D eigenvalue weighted by molar-refractivity contribution is 5.95.